The van der Waals surface area contributed by atoms with Crippen LogP contribution in [-0.4, -0.2) is 16.2 Å². The van der Waals surface area contributed by atoms with Crippen LogP contribution in [0.3, 0.4) is 0 Å². The van der Waals surface area contributed by atoms with Crippen molar-refractivity contribution >= 4 is 28.9 Å². The van der Waals surface area contributed by atoms with Crippen molar-refractivity contribution in [3.8, 4) is 0 Å². The molecule has 2 rings (SSSR count). The second-order valence-corrected chi connectivity index (χ2v) is 3.06. The number of nitrogens with zero attached hydrogens (tertiary/aromatic N) is 3. The maximum Gasteiger partial charge on any atom is 0.116 e. The first kappa shape index (κ1) is 9.52. The normalized spacial score (nSPS) is 11.0. The molecule has 0 saturated heterocycles. The summed E-state index contributed by atoms with van der Waals surface area (Å²) in [7, 11) is 0. The molecular weight excluding hydrogens is 186 g/mol. The van der Waals surface area contributed by atoms with E-state index in [4.69, 9.17) is 0 Å². The molecule has 74 valence electrons. The van der Waals surface area contributed by atoms with Crippen LogP contribution < -0.4 is 0 Å². The van der Waals surface area contributed by atoms with Crippen molar-refractivity contribution in [1.82, 2.24) is 9.97 Å². The van der Waals surface area contributed by atoms with Crippen molar-refractivity contribution in [3.63, 3.8) is 0 Å². The molecule has 0 radical (unpaired) electrons. The molecule has 0 fully saturated rings. The van der Waals surface area contributed by atoms with Crippen LogP contribution in [0.15, 0.2) is 36.2 Å². The predicted octanol–water partition coefficient (Wildman–Crippen LogP) is 3.00. The zero-order valence-electron chi connectivity index (χ0n) is 8.51. The van der Waals surface area contributed by atoms with E-state index in [-0.39, 0.29) is 0 Å². The van der Waals surface area contributed by atoms with Crippen molar-refractivity contribution in [2.24, 2.45) is 4.99 Å². The van der Waals surface area contributed by atoms with Crippen LogP contribution in [-0.2, 0) is 0 Å². The summed E-state index contributed by atoms with van der Waals surface area (Å²) in [6, 6.07) is 3.95. The SMILES string of the molecule is C=Cc1ccc2cncnc2c1/N=C\C. The van der Waals surface area contributed by atoms with Gasteiger partial charge in [0.1, 0.15) is 6.33 Å². The topological polar surface area (TPSA) is 38.1 Å². The summed E-state index contributed by atoms with van der Waals surface area (Å²) in [5.41, 5.74) is 2.70. The number of hydrogen-bond donors (Lipinski definition) is 0. The fourth-order valence-electron chi connectivity index (χ4n) is 1.48. The zero-order chi connectivity index (χ0) is 10.7. The molecule has 0 atom stereocenters. The number of rotatable bonds is 2. The highest BCUT2D eigenvalue weighted by Crippen LogP contribution is 2.28. The fourth-order valence-corrected chi connectivity index (χ4v) is 1.48. The Balaban J connectivity index is 2.84. The van der Waals surface area contributed by atoms with E-state index in [9.17, 15) is 0 Å². The Hall–Kier alpha value is -2.03. The van der Waals surface area contributed by atoms with Crippen molar-refractivity contribution in [2.45, 2.75) is 6.92 Å². The zero-order valence-corrected chi connectivity index (χ0v) is 8.51. The van der Waals surface area contributed by atoms with Gasteiger partial charge in [-0.3, -0.25) is 4.99 Å². The molecule has 0 spiro atoms. The summed E-state index contributed by atoms with van der Waals surface area (Å²) in [5.74, 6) is 0. The lowest BCUT2D eigenvalue weighted by Crippen LogP contribution is -1.84. The molecule has 3 heteroatoms. The lowest BCUT2D eigenvalue weighted by molar-refractivity contribution is 1.22. The minimum absolute atomic E-state index is 0.854. The molecule has 0 bridgehead atoms. The van der Waals surface area contributed by atoms with Gasteiger partial charge in [-0.1, -0.05) is 24.8 Å². The van der Waals surface area contributed by atoms with Gasteiger partial charge < -0.3 is 0 Å². The molecule has 3 nitrogen and oxygen atoms in total. The Labute approximate surface area is 88.2 Å². The maximum atomic E-state index is 4.32. The van der Waals surface area contributed by atoms with E-state index in [0.717, 1.165) is 22.2 Å². The smallest absolute Gasteiger partial charge is 0.116 e. The summed E-state index contributed by atoms with van der Waals surface area (Å²) in [4.78, 5) is 12.5. The van der Waals surface area contributed by atoms with Gasteiger partial charge >= 0.3 is 0 Å². The third kappa shape index (κ3) is 1.64. The first-order valence-corrected chi connectivity index (χ1v) is 4.70. The predicted molar refractivity (Wildman–Crippen MR) is 63.5 cm³/mol. The van der Waals surface area contributed by atoms with E-state index in [1.54, 1.807) is 18.5 Å². The largest absolute Gasteiger partial charge is 0.259 e. The summed E-state index contributed by atoms with van der Waals surface area (Å²) < 4.78 is 0. The van der Waals surface area contributed by atoms with Gasteiger partial charge in [0.15, 0.2) is 0 Å². The van der Waals surface area contributed by atoms with Gasteiger partial charge in [-0.25, -0.2) is 9.97 Å². The third-order valence-corrected chi connectivity index (χ3v) is 2.16. The van der Waals surface area contributed by atoms with Crippen LogP contribution in [0.4, 0.5) is 5.69 Å². The van der Waals surface area contributed by atoms with Gasteiger partial charge in [0.25, 0.3) is 0 Å². The Morgan fingerprint density at radius 3 is 3.00 bits per heavy atom. The Morgan fingerprint density at radius 2 is 2.27 bits per heavy atom. The van der Waals surface area contributed by atoms with E-state index >= 15 is 0 Å². The standard InChI is InChI=1S/C12H11N3/c1-3-9-5-6-10-7-13-8-15-12(10)11(9)14-4-2/h3-8H,1H2,2H3/b14-4-. The van der Waals surface area contributed by atoms with Gasteiger partial charge in [0, 0.05) is 23.4 Å². The first-order chi connectivity index (χ1) is 7.36. The summed E-state index contributed by atoms with van der Waals surface area (Å²) in [6.45, 7) is 5.65. The van der Waals surface area contributed by atoms with Crippen LogP contribution >= 0.6 is 0 Å². The molecule has 1 heterocycles. The molecule has 1 aromatic carbocycles. The average Bonchev–Trinajstić information content (AvgIpc) is 2.30. The van der Waals surface area contributed by atoms with E-state index in [2.05, 4.69) is 21.5 Å². The lowest BCUT2D eigenvalue weighted by Gasteiger charge is -2.03. The summed E-state index contributed by atoms with van der Waals surface area (Å²) >= 11 is 0. The van der Waals surface area contributed by atoms with Crippen molar-refractivity contribution < 1.29 is 0 Å². The van der Waals surface area contributed by atoms with Crippen LogP contribution in [0, 0.1) is 0 Å². The molecule has 2 aromatic rings. The van der Waals surface area contributed by atoms with Crippen LogP contribution in [0.2, 0.25) is 0 Å². The van der Waals surface area contributed by atoms with Gasteiger partial charge in [-0.2, -0.15) is 0 Å². The second kappa shape index (κ2) is 4.00. The Kier molecular flexibility index (Phi) is 2.54. The number of benzene rings is 1. The number of hydrogen-bond acceptors (Lipinski definition) is 3. The van der Waals surface area contributed by atoms with Crippen molar-refractivity contribution in [1.29, 1.82) is 0 Å². The number of aromatic nitrogens is 2. The maximum absolute atomic E-state index is 4.32. The highest BCUT2D eigenvalue weighted by molar-refractivity contribution is 5.94. The Morgan fingerprint density at radius 1 is 1.40 bits per heavy atom. The molecule has 0 saturated carbocycles. The van der Waals surface area contributed by atoms with E-state index in [1.165, 1.54) is 6.33 Å². The van der Waals surface area contributed by atoms with Crippen LogP contribution in [0.5, 0.6) is 0 Å². The van der Waals surface area contributed by atoms with E-state index in [1.807, 2.05) is 19.1 Å². The number of fused-ring (bicyclic) bond motifs is 1. The Bertz CT molecular complexity index is 529. The fraction of sp³-hybridized carbons (Fsp3) is 0.0833. The quantitative estimate of drug-likeness (QED) is 0.694. The molecule has 0 N–H and O–H groups in total. The molecule has 0 aliphatic rings. The van der Waals surface area contributed by atoms with E-state index < -0.39 is 0 Å². The molecule has 1 aromatic heterocycles. The van der Waals surface area contributed by atoms with Crippen molar-refractivity contribution in [2.75, 3.05) is 0 Å². The highest BCUT2D eigenvalue weighted by Gasteiger charge is 2.04. The molecule has 15 heavy (non-hydrogen) atoms. The van der Waals surface area contributed by atoms with Crippen molar-refractivity contribution in [3.05, 3.63) is 36.8 Å². The van der Waals surface area contributed by atoms with Crippen LogP contribution in [0.25, 0.3) is 17.0 Å². The van der Waals surface area contributed by atoms with Gasteiger partial charge in [0.05, 0.1) is 11.2 Å². The summed E-state index contributed by atoms with van der Waals surface area (Å²) in [6.07, 6.45) is 6.85. The molecular formula is C12H11N3. The molecule has 0 aliphatic carbocycles. The minimum atomic E-state index is 0.854. The minimum Gasteiger partial charge on any atom is -0.259 e. The van der Waals surface area contributed by atoms with Crippen LogP contribution in [0.1, 0.15) is 12.5 Å². The first-order valence-electron chi connectivity index (χ1n) is 4.70. The lowest BCUT2D eigenvalue weighted by atomic mass is 10.1. The van der Waals surface area contributed by atoms with E-state index in [0.29, 0.717) is 0 Å². The van der Waals surface area contributed by atoms with Gasteiger partial charge in [-0.05, 0) is 6.92 Å². The second-order valence-electron chi connectivity index (χ2n) is 3.06. The molecule has 0 unspecified atom stereocenters. The number of aliphatic imine (C=N–C) groups is 1. The molecule has 0 aliphatic heterocycles. The monoisotopic (exact) mass is 197 g/mol. The molecule has 0 amide bonds. The van der Waals surface area contributed by atoms with Gasteiger partial charge in [0.2, 0.25) is 0 Å². The average molecular weight is 197 g/mol. The van der Waals surface area contributed by atoms with Gasteiger partial charge in [-0.15, -0.1) is 0 Å². The highest BCUT2D eigenvalue weighted by atomic mass is 14.8. The third-order valence-electron chi connectivity index (χ3n) is 2.16. The summed E-state index contributed by atoms with van der Waals surface area (Å²) in [5, 5.41) is 0.990.